The Morgan fingerprint density at radius 3 is 3.17 bits per heavy atom. The van der Waals surface area contributed by atoms with Crippen molar-refractivity contribution in [3.05, 3.63) is 29.8 Å². The Bertz CT molecular complexity index is 425. The summed E-state index contributed by atoms with van der Waals surface area (Å²) in [6.07, 6.45) is 0.0758. The first-order valence-corrected chi connectivity index (χ1v) is 6.47. The second-order valence-electron chi connectivity index (χ2n) is 4.52. The van der Waals surface area contributed by atoms with Gasteiger partial charge in [-0.25, -0.2) is 0 Å². The molecule has 0 saturated carbocycles. The summed E-state index contributed by atoms with van der Waals surface area (Å²) in [4.78, 5) is 14.9. The van der Waals surface area contributed by atoms with Gasteiger partial charge in [0.15, 0.2) is 0 Å². The van der Waals surface area contributed by atoms with Crippen LogP contribution in [-0.4, -0.2) is 50.2 Å². The van der Waals surface area contributed by atoms with E-state index in [4.69, 9.17) is 4.74 Å². The Balaban J connectivity index is 1.84. The minimum Gasteiger partial charge on any atom is -0.374 e. The van der Waals surface area contributed by atoms with E-state index in [0.29, 0.717) is 12.1 Å². The summed E-state index contributed by atoms with van der Waals surface area (Å²) in [7, 11) is 2.06. The zero-order valence-corrected chi connectivity index (χ0v) is 11.3. The van der Waals surface area contributed by atoms with Gasteiger partial charge in [0, 0.05) is 30.1 Å². The highest BCUT2D eigenvalue weighted by Gasteiger charge is 2.18. The molecule has 98 valence electrons. The van der Waals surface area contributed by atoms with Crippen molar-refractivity contribution in [2.24, 2.45) is 0 Å². The van der Waals surface area contributed by atoms with Crippen molar-refractivity contribution in [1.29, 1.82) is 0 Å². The summed E-state index contributed by atoms with van der Waals surface area (Å²) in [6, 6.07) is 7.20. The topological polar surface area (TPSA) is 41.6 Å². The molecule has 1 aromatic rings. The summed E-state index contributed by atoms with van der Waals surface area (Å²) in [5.74, 6) is -0.0808. The van der Waals surface area contributed by atoms with E-state index in [-0.39, 0.29) is 12.0 Å². The van der Waals surface area contributed by atoms with Crippen molar-refractivity contribution in [3.8, 4) is 0 Å². The summed E-state index contributed by atoms with van der Waals surface area (Å²) in [5.41, 5.74) is 0.631. The smallest absolute Gasteiger partial charge is 0.251 e. The highest BCUT2D eigenvalue weighted by molar-refractivity contribution is 7.80. The lowest BCUT2D eigenvalue weighted by atomic mass is 10.2. The van der Waals surface area contributed by atoms with Crippen molar-refractivity contribution in [1.82, 2.24) is 10.2 Å². The Hall–Kier alpha value is -1.04. The fourth-order valence-electron chi connectivity index (χ4n) is 1.95. The average molecular weight is 266 g/mol. The Kier molecular flexibility index (Phi) is 4.63. The van der Waals surface area contributed by atoms with Crippen LogP contribution in [0.4, 0.5) is 0 Å². The molecule has 2 rings (SSSR count). The Labute approximate surface area is 113 Å². The first-order valence-electron chi connectivity index (χ1n) is 6.02. The number of amides is 1. The standard InChI is InChI=1S/C13H18N2O2S/c1-15-5-6-17-11(9-15)8-14-13(16)10-3-2-4-12(18)7-10/h2-4,7,11,18H,5-6,8-9H2,1H3,(H,14,16). The molecule has 1 aromatic carbocycles. The number of hydrogen-bond acceptors (Lipinski definition) is 4. The monoisotopic (exact) mass is 266 g/mol. The summed E-state index contributed by atoms with van der Waals surface area (Å²) in [6.45, 7) is 3.07. The predicted molar refractivity (Wildman–Crippen MR) is 73.3 cm³/mol. The van der Waals surface area contributed by atoms with Crippen LogP contribution >= 0.6 is 12.6 Å². The molecular formula is C13H18N2O2S. The van der Waals surface area contributed by atoms with Crippen molar-refractivity contribution in [2.45, 2.75) is 11.0 Å². The van der Waals surface area contributed by atoms with Crippen LogP contribution in [-0.2, 0) is 4.74 Å². The third kappa shape index (κ3) is 3.73. The third-order valence-electron chi connectivity index (χ3n) is 2.94. The molecule has 1 aliphatic rings. The number of benzene rings is 1. The van der Waals surface area contributed by atoms with Gasteiger partial charge in [-0.15, -0.1) is 12.6 Å². The van der Waals surface area contributed by atoms with Gasteiger partial charge in [-0.1, -0.05) is 6.07 Å². The van der Waals surface area contributed by atoms with Crippen LogP contribution in [0.15, 0.2) is 29.2 Å². The fourth-order valence-corrected chi connectivity index (χ4v) is 2.17. The Morgan fingerprint density at radius 1 is 1.61 bits per heavy atom. The van der Waals surface area contributed by atoms with E-state index >= 15 is 0 Å². The van der Waals surface area contributed by atoms with Crippen LogP contribution in [0.5, 0.6) is 0 Å². The molecule has 1 N–H and O–H groups in total. The number of thiol groups is 1. The van der Waals surface area contributed by atoms with Crippen LogP contribution < -0.4 is 5.32 Å². The highest BCUT2D eigenvalue weighted by Crippen LogP contribution is 2.09. The maximum absolute atomic E-state index is 11.9. The number of carbonyl (C=O) groups is 1. The van der Waals surface area contributed by atoms with Gasteiger partial charge < -0.3 is 15.0 Å². The van der Waals surface area contributed by atoms with Crippen LogP contribution in [0.25, 0.3) is 0 Å². The molecule has 0 bridgehead atoms. The van der Waals surface area contributed by atoms with Crippen LogP contribution in [0.3, 0.4) is 0 Å². The largest absolute Gasteiger partial charge is 0.374 e. The van der Waals surface area contributed by atoms with Gasteiger partial charge in [-0.05, 0) is 25.2 Å². The van der Waals surface area contributed by atoms with Gasteiger partial charge in [-0.2, -0.15) is 0 Å². The van der Waals surface area contributed by atoms with E-state index in [1.807, 2.05) is 12.1 Å². The molecule has 0 radical (unpaired) electrons. The first-order chi connectivity index (χ1) is 8.65. The van der Waals surface area contributed by atoms with E-state index in [1.165, 1.54) is 0 Å². The summed E-state index contributed by atoms with van der Waals surface area (Å²) in [5, 5.41) is 2.89. The molecule has 18 heavy (non-hydrogen) atoms. The van der Waals surface area contributed by atoms with Gasteiger partial charge in [0.2, 0.25) is 0 Å². The number of nitrogens with one attached hydrogen (secondary N) is 1. The molecule has 4 nitrogen and oxygen atoms in total. The second-order valence-corrected chi connectivity index (χ2v) is 5.03. The molecule has 1 saturated heterocycles. The first kappa shape index (κ1) is 13.4. The van der Waals surface area contributed by atoms with Crippen LogP contribution in [0.1, 0.15) is 10.4 Å². The second kappa shape index (κ2) is 6.22. The molecule has 1 fully saturated rings. The van der Waals surface area contributed by atoms with E-state index in [9.17, 15) is 4.79 Å². The zero-order chi connectivity index (χ0) is 13.0. The van der Waals surface area contributed by atoms with Gasteiger partial charge in [0.1, 0.15) is 0 Å². The van der Waals surface area contributed by atoms with Gasteiger partial charge in [0.25, 0.3) is 5.91 Å². The molecule has 0 spiro atoms. The molecule has 1 heterocycles. The lowest BCUT2D eigenvalue weighted by Gasteiger charge is -2.30. The number of carbonyl (C=O) groups excluding carboxylic acids is 1. The lowest BCUT2D eigenvalue weighted by Crippen LogP contribution is -2.45. The van der Waals surface area contributed by atoms with Gasteiger partial charge in [-0.3, -0.25) is 4.79 Å². The Morgan fingerprint density at radius 2 is 2.44 bits per heavy atom. The maximum atomic E-state index is 11.9. The molecule has 1 amide bonds. The summed E-state index contributed by atoms with van der Waals surface area (Å²) < 4.78 is 5.59. The van der Waals surface area contributed by atoms with E-state index in [1.54, 1.807) is 12.1 Å². The number of hydrogen-bond donors (Lipinski definition) is 2. The molecule has 0 aromatic heterocycles. The average Bonchev–Trinajstić information content (AvgIpc) is 2.36. The van der Waals surface area contributed by atoms with Crippen molar-refractivity contribution in [2.75, 3.05) is 33.3 Å². The van der Waals surface area contributed by atoms with E-state index in [0.717, 1.165) is 24.6 Å². The number of likely N-dealkylation sites (N-methyl/N-ethyl adjacent to an activating group) is 1. The third-order valence-corrected chi connectivity index (χ3v) is 3.22. The molecule has 1 atom stereocenters. The normalized spacial score (nSPS) is 20.7. The summed E-state index contributed by atoms with van der Waals surface area (Å²) >= 11 is 4.22. The van der Waals surface area contributed by atoms with Gasteiger partial charge >= 0.3 is 0 Å². The molecular weight excluding hydrogens is 248 g/mol. The van der Waals surface area contributed by atoms with E-state index in [2.05, 4.69) is 29.9 Å². The minimum atomic E-state index is -0.0808. The fraction of sp³-hybridized carbons (Fsp3) is 0.462. The molecule has 0 aliphatic carbocycles. The van der Waals surface area contributed by atoms with Crippen molar-refractivity contribution < 1.29 is 9.53 Å². The van der Waals surface area contributed by atoms with Crippen LogP contribution in [0, 0.1) is 0 Å². The number of nitrogens with zero attached hydrogens (tertiary/aromatic N) is 1. The predicted octanol–water partition coefficient (Wildman–Crippen LogP) is 1.04. The van der Waals surface area contributed by atoms with E-state index < -0.39 is 0 Å². The van der Waals surface area contributed by atoms with Gasteiger partial charge in [0.05, 0.1) is 12.7 Å². The SMILES string of the molecule is CN1CCOC(CNC(=O)c2cccc(S)c2)C1. The van der Waals surface area contributed by atoms with Crippen molar-refractivity contribution >= 4 is 18.5 Å². The lowest BCUT2D eigenvalue weighted by molar-refractivity contribution is -0.0175. The zero-order valence-electron chi connectivity index (χ0n) is 10.4. The molecule has 5 heteroatoms. The highest BCUT2D eigenvalue weighted by atomic mass is 32.1. The quantitative estimate of drug-likeness (QED) is 0.803. The number of ether oxygens (including phenoxy) is 1. The molecule has 1 unspecified atom stereocenters. The number of rotatable bonds is 3. The van der Waals surface area contributed by atoms with Crippen LogP contribution in [0.2, 0.25) is 0 Å². The van der Waals surface area contributed by atoms with Crippen molar-refractivity contribution in [3.63, 3.8) is 0 Å². The molecule has 1 aliphatic heterocycles. The maximum Gasteiger partial charge on any atom is 0.251 e. The minimum absolute atomic E-state index is 0.0758. The number of morpholine rings is 1.